The Morgan fingerprint density at radius 2 is 2.30 bits per heavy atom. The lowest BCUT2D eigenvalue weighted by molar-refractivity contribution is 0.0928. The minimum atomic E-state index is -0.204. The second-order valence-electron chi connectivity index (χ2n) is 4.82. The van der Waals surface area contributed by atoms with Crippen molar-refractivity contribution in [2.45, 2.75) is 32.9 Å². The molecule has 2 aromatic rings. The summed E-state index contributed by atoms with van der Waals surface area (Å²) in [6, 6.07) is -0.0314. The molecule has 0 radical (unpaired) electrons. The van der Waals surface area contributed by atoms with Crippen molar-refractivity contribution in [3.05, 3.63) is 30.1 Å². The Balaban J connectivity index is 2.06. The molecule has 7 heteroatoms. The molecule has 0 aromatic carbocycles. The number of imidazole rings is 1. The van der Waals surface area contributed by atoms with Gasteiger partial charge in [-0.25, -0.2) is 4.98 Å². The van der Waals surface area contributed by atoms with Crippen molar-refractivity contribution in [3.8, 4) is 0 Å². The average molecular weight is 276 g/mol. The number of amides is 1. The zero-order valence-electron chi connectivity index (χ0n) is 12.0. The number of rotatable bonds is 5. The van der Waals surface area contributed by atoms with E-state index >= 15 is 0 Å². The fourth-order valence-corrected chi connectivity index (χ4v) is 2.18. The van der Waals surface area contributed by atoms with Gasteiger partial charge in [-0.3, -0.25) is 9.48 Å². The van der Waals surface area contributed by atoms with Crippen molar-refractivity contribution in [3.63, 3.8) is 0 Å². The molecule has 7 nitrogen and oxygen atoms in total. The molecule has 0 saturated carbocycles. The van der Waals surface area contributed by atoms with E-state index in [2.05, 4.69) is 15.4 Å². The molecule has 2 heterocycles. The van der Waals surface area contributed by atoms with Gasteiger partial charge >= 0.3 is 0 Å². The molecule has 1 atom stereocenters. The van der Waals surface area contributed by atoms with Gasteiger partial charge in [0.05, 0.1) is 17.7 Å². The third-order valence-electron chi connectivity index (χ3n) is 3.13. The number of hydrogen-bond donors (Lipinski definition) is 2. The number of aromatic nitrogens is 4. The van der Waals surface area contributed by atoms with Crippen molar-refractivity contribution in [2.24, 2.45) is 7.05 Å². The van der Waals surface area contributed by atoms with Crippen LogP contribution in [0.3, 0.4) is 0 Å². The molecule has 0 spiro atoms. The van der Waals surface area contributed by atoms with Crippen LogP contribution in [0, 0.1) is 0 Å². The van der Waals surface area contributed by atoms with Gasteiger partial charge in [0.2, 0.25) is 0 Å². The van der Waals surface area contributed by atoms with E-state index in [1.165, 1.54) is 4.68 Å². The van der Waals surface area contributed by atoms with Gasteiger partial charge in [-0.2, -0.15) is 5.10 Å². The first-order valence-corrected chi connectivity index (χ1v) is 6.60. The van der Waals surface area contributed by atoms with E-state index in [1.807, 2.05) is 24.6 Å². The number of carbonyl (C=O) groups excluding carboxylic acids is 1. The van der Waals surface area contributed by atoms with Crippen LogP contribution < -0.4 is 11.1 Å². The zero-order valence-corrected chi connectivity index (χ0v) is 12.0. The van der Waals surface area contributed by atoms with Crippen LogP contribution in [-0.4, -0.2) is 31.3 Å². The van der Waals surface area contributed by atoms with Gasteiger partial charge in [-0.05, 0) is 13.3 Å². The Morgan fingerprint density at radius 3 is 2.85 bits per heavy atom. The molecule has 0 saturated heterocycles. The van der Waals surface area contributed by atoms with Gasteiger partial charge in [-0.1, -0.05) is 6.92 Å². The topological polar surface area (TPSA) is 90.8 Å². The fraction of sp³-hybridized carbons (Fsp3) is 0.462. The highest BCUT2D eigenvalue weighted by atomic mass is 16.2. The van der Waals surface area contributed by atoms with Crippen LogP contribution in [0.4, 0.5) is 5.69 Å². The zero-order chi connectivity index (χ0) is 14.7. The monoisotopic (exact) mass is 276 g/mol. The summed E-state index contributed by atoms with van der Waals surface area (Å²) in [5, 5.41) is 7.17. The Morgan fingerprint density at radius 1 is 1.55 bits per heavy atom. The minimum absolute atomic E-state index is 0.0314. The lowest BCUT2D eigenvalue weighted by Gasteiger charge is -2.14. The molecule has 0 aliphatic carbocycles. The summed E-state index contributed by atoms with van der Waals surface area (Å²) in [5.74, 6) is -0.204. The van der Waals surface area contributed by atoms with Crippen LogP contribution in [0.15, 0.2) is 18.7 Å². The van der Waals surface area contributed by atoms with Crippen molar-refractivity contribution in [1.29, 1.82) is 0 Å². The Labute approximate surface area is 117 Å². The number of nitrogens with one attached hydrogen (secondary N) is 1. The van der Waals surface area contributed by atoms with Crippen LogP contribution >= 0.6 is 0 Å². The smallest absolute Gasteiger partial charge is 0.271 e. The Kier molecular flexibility index (Phi) is 4.07. The first kappa shape index (κ1) is 14.1. The van der Waals surface area contributed by atoms with Crippen LogP contribution in [-0.2, 0) is 20.0 Å². The lowest BCUT2D eigenvalue weighted by atomic mass is 10.2. The predicted molar refractivity (Wildman–Crippen MR) is 76.2 cm³/mol. The fourth-order valence-electron chi connectivity index (χ4n) is 2.18. The number of nitrogens with two attached hydrogens (primary N) is 1. The summed E-state index contributed by atoms with van der Waals surface area (Å²) < 4.78 is 3.45. The Bertz CT molecular complexity index is 586. The van der Waals surface area contributed by atoms with Gasteiger partial charge in [-0.15, -0.1) is 0 Å². The van der Waals surface area contributed by atoms with Crippen LogP contribution in [0.2, 0.25) is 0 Å². The number of hydrogen-bond acceptors (Lipinski definition) is 4. The molecule has 1 unspecified atom stereocenters. The van der Waals surface area contributed by atoms with Crippen molar-refractivity contribution in [1.82, 2.24) is 24.6 Å². The maximum absolute atomic E-state index is 12.3. The molecule has 2 aromatic heterocycles. The maximum atomic E-state index is 12.3. The summed E-state index contributed by atoms with van der Waals surface area (Å²) >= 11 is 0. The molecular weight excluding hydrogens is 256 g/mol. The van der Waals surface area contributed by atoms with Crippen molar-refractivity contribution in [2.75, 3.05) is 5.73 Å². The van der Waals surface area contributed by atoms with Gasteiger partial charge in [0, 0.05) is 32.0 Å². The van der Waals surface area contributed by atoms with E-state index in [-0.39, 0.29) is 11.9 Å². The largest absolute Gasteiger partial charge is 0.395 e. The first-order valence-electron chi connectivity index (χ1n) is 6.60. The highest BCUT2D eigenvalue weighted by Gasteiger charge is 2.20. The van der Waals surface area contributed by atoms with E-state index in [4.69, 9.17) is 5.73 Å². The molecule has 0 aliphatic heterocycles. The maximum Gasteiger partial charge on any atom is 0.271 e. The molecule has 2 rings (SSSR count). The Hall–Kier alpha value is -2.31. The SMILES string of the molecule is CCc1nn(C)c(C(=O)NC(C)Cn2ccnc2)c1N. The van der Waals surface area contributed by atoms with Gasteiger partial charge in [0.15, 0.2) is 0 Å². The molecule has 0 bridgehead atoms. The highest BCUT2D eigenvalue weighted by Crippen LogP contribution is 2.16. The summed E-state index contributed by atoms with van der Waals surface area (Å²) in [4.78, 5) is 16.2. The molecule has 3 N–H and O–H groups in total. The number of nitrogens with zero attached hydrogens (tertiary/aromatic N) is 4. The summed E-state index contributed by atoms with van der Waals surface area (Å²) in [7, 11) is 1.73. The third-order valence-corrected chi connectivity index (χ3v) is 3.13. The first-order chi connectivity index (χ1) is 9.52. The van der Waals surface area contributed by atoms with Crippen LogP contribution in [0.1, 0.15) is 30.0 Å². The number of carbonyl (C=O) groups is 1. The summed E-state index contributed by atoms with van der Waals surface area (Å²) in [5.41, 5.74) is 7.59. The van der Waals surface area contributed by atoms with E-state index in [9.17, 15) is 4.79 Å². The molecule has 1 amide bonds. The second kappa shape index (κ2) is 5.77. The highest BCUT2D eigenvalue weighted by molar-refractivity contribution is 5.98. The average Bonchev–Trinajstić information content (AvgIpc) is 2.97. The second-order valence-corrected chi connectivity index (χ2v) is 4.82. The van der Waals surface area contributed by atoms with Crippen LogP contribution in [0.5, 0.6) is 0 Å². The van der Waals surface area contributed by atoms with Gasteiger partial charge in [0.1, 0.15) is 5.69 Å². The lowest BCUT2D eigenvalue weighted by Crippen LogP contribution is -2.36. The predicted octanol–water partition coefficient (Wildman–Crippen LogP) is 0.580. The normalized spacial score (nSPS) is 12.3. The third kappa shape index (κ3) is 2.81. The number of nitrogen functional groups attached to an aromatic ring is 1. The molecule has 108 valence electrons. The molecular formula is C13H20N6O. The van der Waals surface area contributed by atoms with E-state index in [0.717, 1.165) is 5.69 Å². The van der Waals surface area contributed by atoms with E-state index in [1.54, 1.807) is 19.6 Å². The van der Waals surface area contributed by atoms with E-state index < -0.39 is 0 Å². The molecule has 0 aliphatic rings. The van der Waals surface area contributed by atoms with Gasteiger partial charge < -0.3 is 15.6 Å². The molecule has 20 heavy (non-hydrogen) atoms. The van der Waals surface area contributed by atoms with Crippen LogP contribution in [0.25, 0.3) is 0 Å². The van der Waals surface area contributed by atoms with Crippen molar-refractivity contribution < 1.29 is 4.79 Å². The number of aryl methyl sites for hydroxylation is 2. The standard InChI is InChI=1S/C13H20N6O/c1-4-10-11(14)12(18(3)17-10)13(20)16-9(2)7-19-6-5-15-8-19/h5-6,8-9H,4,7,14H2,1-3H3,(H,16,20). The quantitative estimate of drug-likeness (QED) is 0.835. The summed E-state index contributed by atoms with van der Waals surface area (Å²) in [6.45, 7) is 4.55. The summed E-state index contributed by atoms with van der Waals surface area (Å²) in [6.07, 6.45) is 5.99. The van der Waals surface area contributed by atoms with Gasteiger partial charge in [0.25, 0.3) is 5.91 Å². The number of anilines is 1. The minimum Gasteiger partial charge on any atom is -0.395 e. The van der Waals surface area contributed by atoms with Crippen molar-refractivity contribution >= 4 is 11.6 Å². The molecule has 0 fully saturated rings. The van der Waals surface area contributed by atoms with E-state index in [0.29, 0.717) is 24.3 Å².